The van der Waals surface area contributed by atoms with Crippen LogP contribution in [0.15, 0.2) is 85.5 Å². The van der Waals surface area contributed by atoms with Crippen molar-refractivity contribution in [2.24, 2.45) is 0 Å². The van der Waals surface area contributed by atoms with Crippen LogP contribution in [0, 0.1) is 51.6 Å². The Bertz CT molecular complexity index is 1280. The summed E-state index contributed by atoms with van der Waals surface area (Å²) < 4.78 is 3.82. The molecule has 2 heterocycles. The summed E-state index contributed by atoms with van der Waals surface area (Å²) in [6, 6.07) is 27.2. The average Bonchev–Trinajstić information content (AvgIpc) is 2.81. The predicted molar refractivity (Wildman–Crippen MR) is 129 cm³/mol. The molecule has 4 rings (SSSR count). The Hall–Kier alpha value is -4.14. The number of hydrogen-bond donors (Lipinski definition) is 0. The maximum absolute atomic E-state index is 3.23. The van der Waals surface area contributed by atoms with Crippen molar-refractivity contribution in [3.8, 4) is 35.1 Å². The van der Waals surface area contributed by atoms with Crippen LogP contribution >= 0.6 is 0 Å². The Balaban J connectivity index is 1.47. The normalized spacial score (nSPS) is 10.0. The van der Waals surface area contributed by atoms with Gasteiger partial charge in [-0.1, -0.05) is 24.3 Å². The minimum atomic E-state index is 0.993. The summed E-state index contributed by atoms with van der Waals surface area (Å²) in [5.41, 5.74) is 9.33. The standard InChI is InChI=1S/C30H26N2/c1-23-13-17-31(21-25(23)3)19-15-27-5-9-29(10-6-27)30-11-7-28(8-12-30)16-20-32-18-14-24(2)26(4)22-32/h5-14,17-18,21-22H,1-4H3/q+2. The Morgan fingerprint density at radius 3 is 1.19 bits per heavy atom. The average molecular weight is 415 g/mol. The van der Waals surface area contributed by atoms with E-state index in [-0.39, 0.29) is 0 Å². The number of hydrogen-bond acceptors (Lipinski definition) is 0. The summed E-state index contributed by atoms with van der Waals surface area (Å²) in [4.78, 5) is 0. The van der Waals surface area contributed by atoms with E-state index in [0.717, 1.165) is 22.3 Å². The zero-order valence-corrected chi connectivity index (χ0v) is 19.0. The summed E-state index contributed by atoms with van der Waals surface area (Å²) in [5.74, 6) is 6.45. The van der Waals surface area contributed by atoms with Crippen LogP contribution in [0.4, 0.5) is 0 Å². The molecule has 4 aromatic rings. The Kier molecular flexibility index (Phi) is 6.16. The molecule has 2 heteroatoms. The van der Waals surface area contributed by atoms with Gasteiger partial charge in [-0.05, 0) is 74.2 Å². The Morgan fingerprint density at radius 1 is 0.469 bits per heavy atom. The predicted octanol–water partition coefficient (Wildman–Crippen LogP) is 4.88. The van der Waals surface area contributed by atoms with Crippen LogP contribution < -0.4 is 9.13 Å². The molecule has 0 saturated heterocycles. The minimum absolute atomic E-state index is 0.993. The molecule has 0 aliphatic heterocycles. The lowest BCUT2D eigenvalue weighted by Gasteiger charge is -2.01. The molecule has 2 aromatic carbocycles. The third-order valence-electron chi connectivity index (χ3n) is 5.64. The van der Waals surface area contributed by atoms with E-state index in [1.54, 1.807) is 0 Å². The van der Waals surface area contributed by atoms with Crippen molar-refractivity contribution in [3.63, 3.8) is 0 Å². The highest BCUT2D eigenvalue weighted by atomic mass is 14.9. The number of benzene rings is 2. The van der Waals surface area contributed by atoms with Crippen molar-refractivity contribution in [2.75, 3.05) is 0 Å². The quantitative estimate of drug-likeness (QED) is 0.310. The largest absolute Gasteiger partial charge is 0.234 e. The first-order chi connectivity index (χ1) is 15.5. The van der Waals surface area contributed by atoms with Crippen molar-refractivity contribution in [1.82, 2.24) is 0 Å². The van der Waals surface area contributed by atoms with Crippen LogP contribution in [0.5, 0.6) is 0 Å². The van der Waals surface area contributed by atoms with Gasteiger partial charge in [-0.15, -0.1) is 9.13 Å². The molecule has 0 bridgehead atoms. The van der Waals surface area contributed by atoms with Gasteiger partial charge in [-0.3, -0.25) is 0 Å². The zero-order valence-electron chi connectivity index (χ0n) is 19.0. The maximum Gasteiger partial charge on any atom is 0.234 e. The summed E-state index contributed by atoms with van der Waals surface area (Å²) in [7, 11) is 0. The molecule has 0 atom stereocenters. The van der Waals surface area contributed by atoms with E-state index in [4.69, 9.17) is 0 Å². The van der Waals surface area contributed by atoms with Gasteiger partial charge in [0.2, 0.25) is 12.1 Å². The third-order valence-corrected chi connectivity index (χ3v) is 5.64. The van der Waals surface area contributed by atoms with Crippen molar-refractivity contribution in [2.45, 2.75) is 27.7 Å². The molecule has 0 spiro atoms. The lowest BCUT2D eigenvalue weighted by atomic mass is 10.0. The number of aromatic nitrogens is 2. The fourth-order valence-corrected chi connectivity index (χ4v) is 3.24. The van der Waals surface area contributed by atoms with Crippen LogP contribution in [0.3, 0.4) is 0 Å². The van der Waals surface area contributed by atoms with Crippen molar-refractivity contribution in [1.29, 1.82) is 0 Å². The molecule has 0 N–H and O–H groups in total. The highest BCUT2D eigenvalue weighted by Crippen LogP contribution is 2.20. The van der Waals surface area contributed by atoms with E-state index in [1.165, 1.54) is 22.3 Å². The van der Waals surface area contributed by atoms with Gasteiger partial charge < -0.3 is 0 Å². The highest BCUT2D eigenvalue weighted by Gasteiger charge is 2.02. The van der Waals surface area contributed by atoms with Gasteiger partial charge in [0.25, 0.3) is 0 Å². The van der Waals surface area contributed by atoms with Gasteiger partial charge in [0.1, 0.15) is 0 Å². The van der Waals surface area contributed by atoms with Crippen LogP contribution in [-0.4, -0.2) is 0 Å². The molecule has 0 fully saturated rings. The molecule has 154 valence electrons. The molecule has 0 unspecified atom stereocenters. The smallest absolute Gasteiger partial charge is 0.118 e. The van der Waals surface area contributed by atoms with Crippen LogP contribution in [0.25, 0.3) is 11.1 Å². The second-order valence-corrected chi connectivity index (χ2v) is 8.06. The molecule has 0 aliphatic rings. The van der Waals surface area contributed by atoms with Crippen LogP contribution in [0.2, 0.25) is 0 Å². The van der Waals surface area contributed by atoms with E-state index in [9.17, 15) is 0 Å². The molecular weight excluding hydrogens is 388 g/mol. The lowest BCUT2D eigenvalue weighted by molar-refractivity contribution is -0.584. The number of nitrogens with zero attached hydrogens (tertiary/aromatic N) is 2. The summed E-state index contributed by atoms with van der Waals surface area (Å²) in [5, 5.41) is 0. The fraction of sp³-hybridized carbons (Fsp3) is 0.133. The van der Waals surface area contributed by atoms with Gasteiger partial charge in [-0.25, -0.2) is 0 Å². The van der Waals surface area contributed by atoms with E-state index >= 15 is 0 Å². The molecule has 2 nitrogen and oxygen atoms in total. The van der Waals surface area contributed by atoms with Gasteiger partial charge in [0.15, 0.2) is 24.8 Å². The highest BCUT2D eigenvalue weighted by molar-refractivity contribution is 5.65. The van der Waals surface area contributed by atoms with E-state index in [0.29, 0.717) is 0 Å². The van der Waals surface area contributed by atoms with E-state index < -0.39 is 0 Å². The summed E-state index contributed by atoms with van der Waals surface area (Å²) >= 11 is 0. The Labute approximate surface area is 190 Å². The minimum Gasteiger partial charge on any atom is -0.118 e. The monoisotopic (exact) mass is 414 g/mol. The SMILES string of the molecule is Cc1cc[n+](C#Cc2ccc(-c3ccc(C#C[n+]4ccc(C)c(C)c4)cc3)cc2)cc1C. The number of pyridine rings is 2. The second kappa shape index (κ2) is 9.34. The first-order valence-corrected chi connectivity index (χ1v) is 10.7. The van der Waals surface area contributed by atoms with Gasteiger partial charge in [-0.2, -0.15) is 0 Å². The lowest BCUT2D eigenvalue weighted by Crippen LogP contribution is -2.27. The Morgan fingerprint density at radius 2 is 0.844 bits per heavy atom. The molecule has 0 aliphatic carbocycles. The van der Waals surface area contributed by atoms with Crippen molar-refractivity contribution >= 4 is 0 Å². The molecule has 0 radical (unpaired) electrons. The third kappa shape index (κ3) is 5.12. The number of aryl methyl sites for hydroxylation is 4. The summed E-state index contributed by atoms with van der Waals surface area (Å²) in [6.07, 6.45) is 8.10. The van der Waals surface area contributed by atoms with Gasteiger partial charge in [0.05, 0.1) is 0 Å². The van der Waals surface area contributed by atoms with Crippen LogP contribution in [-0.2, 0) is 0 Å². The van der Waals surface area contributed by atoms with E-state index in [1.807, 2.05) is 21.5 Å². The summed E-state index contributed by atoms with van der Waals surface area (Å²) in [6.45, 7) is 8.41. The molecule has 0 saturated carbocycles. The first kappa shape index (κ1) is 21.1. The fourth-order valence-electron chi connectivity index (χ4n) is 3.24. The topological polar surface area (TPSA) is 7.76 Å². The van der Waals surface area contributed by atoms with E-state index in [2.05, 4.69) is 125 Å². The van der Waals surface area contributed by atoms with Crippen molar-refractivity contribution < 1.29 is 9.13 Å². The second-order valence-electron chi connectivity index (χ2n) is 8.06. The molecular formula is C30H26N2+2. The van der Waals surface area contributed by atoms with Gasteiger partial charge in [0, 0.05) is 46.2 Å². The number of rotatable bonds is 1. The molecule has 2 aromatic heterocycles. The first-order valence-electron chi connectivity index (χ1n) is 10.7. The maximum atomic E-state index is 3.23. The van der Waals surface area contributed by atoms with Crippen molar-refractivity contribution in [3.05, 3.63) is 119 Å². The van der Waals surface area contributed by atoms with Gasteiger partial charge >= 0.3 is 0 Å². The molecule has 0 amide bonds. The van der Waals surface area contributed by atoms with Crippen LogP contribution in [0.1, 0.15) is 33.4 Å². The molecule has 32 heavy (non-hydrogen) atoms. The zero-order chi connectivity index (χ0) is 22.5.